The second kappa shape index (κ2) is 7.65. The third-order valence-electron chi connectivity index (χ3n) is 3.56. The minimum Gasteiger partial charge on any atom is -0.302 e. The van der Waals surface area contributed by atoms with E-state index in [0.717, 1.165) is 32.1 Å². The third-order valence-corrected chi connectivity index (χ3v) is 3.56. The van der Waals surface area contributed by atoms with Crippen LogP contribution in [0, 0.1) is 11.3 Å². The number of nitrogens with zero attached hydrogens (tertiary/aromatic N) is 2. The van der Waals surface area contributed by atoms with Crippen molar-refractivity contribution in [3.05, 3.63) is 0 Å². The lowest BCUT2D eigenvalue weighted by molar-refractivity contribution is 0.202. The van der Waals surface area contributed by atoms with Crippen molar-refractivity contribution in [2.24, 2.45) is 0 Å². The van der Waals surface area contributed by atoms with Crippen LogP contribution in [-0.4, -0.2) is 36.6 Å². The van der Waals surface area contributed by atoms with E-state index >= 15 is 0 Å². The first kappa shape index (κ1) is 13.5. The van der Waals surface area contributed by atoms with Gasteiger partial charge in [-0.05, 0) is 32.4 Å². The molecule has 0 spiro atoms. The molecule has 0 amide bonds. The quantitative estimate of drug-likeness (QED) is 0.719. The molecule has 1 atom stereocenters. The number of nitrogens with one attached hydrogen (secondary N) is 1. The van der Waals surface area contributed by atoms with E-state index in [0.29, 0.717) is 0 Å². The van der Waals surface area contributed by atoms with Crippen LogP contribution in [0.3, 0.4) is 0 Å². The lowest BCUT2D eigenvalue weighted by atomic mass is 10.1. The van der Waals surface area contributed by atoms with Gasteiger partial charge in [-0.1, -0.05) is 26.7 Å². The van der Waals surface area contributed by atoms with Gasteiger partial charge in [0, 0.05) is 12.6 Å². The summed E-state index contributed by atoms with van der Waals surface area (Å²) >= 11 is 0. The van der Waals surface area contributed by atoms with Crippen LogP contribution in [0.15, 0.2) is 0 Å². The maximum Gasteiger partial charge on any atom is 0.0965 e. The van der Waals surface area contributed by atoms with E-state index < -0.39 is 0 Å². The Morgan fingerprint density at radius 2 is 2.06 bits per heavy atom. The monoisotopic (exact) mass is 223 g/mol. The van der Waals surface area contributed by atoms with Gasteiger partial charge in [0.1, 0.15) is 0 Å². The standard InChI is InChI=1S/C13H25N3/c1-3-15-12(11-14)9-10-16(4-2)13-7-5-6-8-13/h12-13,15H,3-10H2,1-2H3. The van der Waals surface area contributed by atoms with Crippen LogP contribution in [0.2, 0.25) is 0 Å². The van der Waals surface area contributed by atoms with Crippen molar-refractivity contribution in [1.82, 2.24) is 10.2 Å². The van der Waals surface area contributed by atoms with Crippen molar-refractivity contribution >= 4 is 0 Å². The SMILES string of the molecule is CCNC(C#N)CCN(CC)C1CCCC1. The van der Waals surface area contributed by atoms with Crippen LogP contribution in [0.5, 0.6) is 0 Å². The van der Waals surface area contributed by atoms with Gasteiger partial charge >= 0.3 is 0 Å². The zero-order chi connectivity index (χ0) is 11.8. The summed E-state index contributed by atoms with van der Waals surface area (Å²) in [5, 5.41) is 12.2. The van der Waals surface area contributed by atoms with Crippen molar-refractivity contribution in [3.8, 4) is 6.07 Å². The summed E-state index contributed by atoms with van der Waals surface area (Å²) in [6.07, 6.45) is 6.43. The summed E-state index contributed by atoms with van der Waals surface area (Å²) in [6, 6.07) is 3.15. The molecule has 92 valence electrons. The molecule has 0 saturated heterocycles. The molecule has 1 aliphatic carbocycles. The molecule has 1 N–H and O–H groups in total. The molecular weight excluding hydrogens is 198 g/mol. The van der Waals surface area contributed by atoms with Gasteiger partial charge in [-0.3, -0.25) is 0 Å². The number of nitriles is 1. The Labute approximate surface area is 99.8 Å². The van der Waals surface area contributed by atoms with E-state index in [2.05, 4.69) is 30.1 Å². The van der Waals surface area contributed by atoms with Gasteiger partial charge in [-0.2, -0.15) is 5.26 Å². The summed E-state index contributed by atoms with van der Waals surface area (Å²) in [5.41, 5.74) is 0. The second-order valence-electron chi connectivity index (χ2n) is 4.59. The number of hydrogen-bond donors (Lipinski definition) is 1. The summed E-state index contributed by atoms with van der Waals surface area (Å²) < 4.78 is 0. The molecule has 3 heteroatoms. The largest absolute Gasteiger partial charge is 0.302 e. The van der Waals surface area contributed by atoms with Crippen LogP contribution in [0.1, 0.15) is 46.0 Å². The lowest BCUT2D eigenvalue weighted by Gasteiger charge is -2.28. The van der Waals surface area contributed by atoms with Gasteiger partial charge in [0.05, 0.1) is 12.1 Å². The highest BCUT2D eigenvalue weighted by atomic mass is 15.2. The molecule has 1 unspecified atom stereocenters. The minimum absolute atomic E-state index is 0.0282. The molecule has 0 aromatic carbocycles. The predicted molar refractivity (Wildman–Crippen MR) is 67.2 cm³/mol. The molecule has 1 rings (SSSR count). The van der Waals surface area contributed by atoms with Crippen molar-refractivity contribution in [2.45, 2.75) is 58.0 Å². The van der Waals surface area contributed by atoms with Crippen LogP contribution >= 0.6 is 0 Å². The Morgan fingerprint density at radius 3 is 2.56 bits per heavy atom. The highest BCUT2D eigenvalue weighted by Crippen LogP contribution is 2.23. The molecule has 0 radical (unpaired) electrons. The average Bonchev–Trinajstić information content (AvgIpc) is 2.82. The molecule has 0 aromatic rings. The Kier molecular flexibility index (Phi) is 6.44. The van der Waals surface area contributed by atoms with Crippen molar-refractivity contribution in [1.29, 1.82) is 5.26 Å². The summed E-state index contributed by atoms with van der Waals surface area (Å²) in [4.78, 5) is 2.55. The van der Waals surface area contributed by atoms with E-state index in [9.17, 15) is 0 Å². The first-order valence-electron chi connectivity index (χ1n) is 6.68. The molecule has 0 aliphatic heterocycles. The molecule has 3 nitrogen and oxygen atoms in total. The first-order valence-corrected chi connectivity index (χ1v) is 6.68. The molecule has 1 aliphatic rings. The van der Waals surface area contributed by atoms with Gasteiger partial charge in [-0.25, -0.2) is 0 Å². The zero-order valence-electron chi connectivity index (χ0n) is 10.7. The minimum atomic E-state index is 0.0282. The first-order chi connectivity index (χ1) is 7.81. The van der Waals surface area contributed by atoms with Gasteiger partial charge < -0.3 is 10.2 Å². The van der Waals surface area contributed by atoms with Gasteiger partial charge in [0.2, 0.25) is 0 Å². The molecule has 0 aromatic heterocycles. The fourth-order valence-electron chi connectivity index (χ4n) is 2.62. The highest BCUT2D eigenvalue weighted by molar-refractivity contribution is 4.90. The van der Waals surface area contributed by atoms with E-state index in [1.807, 2.05) is 0 Å². The number of hydrogen-bond acceptors (Lipinski definition) is 3. The van der Waals surface area contributed by atoms with Gasteiger partial charge in [0.25, 0.3) is 0 Å². The van der Waals surface area contributed by atoms with Crippen molar-refractivity contribution < 1.29 is 0 Å². The summed E-state index contributed by atoms with van der Waals surface area (Å²) in [6.45, 7) is 7.35. The Hall–Kier alpha value is -0.590. The fourth-order valence-corrected chi connectivity index (χ4v) is 2.62. The topological polar surface area (TPSA) is 39.1 Å². The molecular formula is C13H25N3. The van der Waals surface area contributed by atoms with Crippen LogP contribution in [0.25, 0.3) is 0 Å². The van der Waals surface area contributed by atoms with E-state index in [4.69, 9.17) is 5.26 Å². The highest BCUT2D eigenvalue weighted by Gasteiger charge is 2.21. The van der Waals surface area contributed by atoms with Gasteiger partial charge in [0.15, 0.2) is 0 Å². The van der Waals surface area contributed by atoms with Crippen molar-refractivity contribution in [3.63, 3.8) is 0 Å². The summed E-state index contributed by atoms with van der Waals surface area (Å²) in [5.74, 6) is 0. The van der Waals surface area contributed by atoms with Crippen LogP contribution < -0.4 is 5.32 Å². The lowest BCUT2D eigenvalue weighted by Crippen LogP contribution is -2.38. The molecule has 0 bridgehead atoms. The zero-order valence-corrected chi connectivity index (χ0v) is 10.7. The third kappa shape index (κ3) is 4.11. The second-order valence-corrected chi connectivity index (χ2v) is 4.59. The Balaban J connectivity index is 2.29. The molecule has 1 saturated carbocycles. The van der Waals surface area contributed by atoms with Crippen molar-refractivity contribution in [2.75, 3.05) is 19.6 Å². The van der Waals surface area contributed by atoms with E-state index in [1.165, 1.54) is 25.7 Å². The fraction of sp³-hybridized carbons (Fsp3) is 0.923. The predicted octanol–water partition coefficient (Wildman–Crippen LogP) is 2.14. The molecule has 16 heavy (non-hydrogen) atoms. The van der Waals surface area contributed by atoms with Gasteiger partial charge in [-0.15, -0.1) is 0 Å². The van der Waals surface area contributed by atoms with E-state index in [1.54, 1.807) is 0 Å². The Morgan fingerprint density at radius 1 is 1.38 bits per heavy atom. The maximum atomic E-state index is 8.98. The smallest absolute Gasteiger partial charge is 0.0965 e. The van der Waals surface area contributed by atoms with E-state index in [-0.39, 0.29) is 6.04 Å². The molecule has 1 fully saturated rings. The summed E-state index contributed by atoms with van der Waals surface area (Å²) in [7, 11) is 0. The normalized spacial score (nSPS) is 18.9. The van der Waals surface area contributed by atoms with Crippen LogP contribution in [-0.2, 0) is 0 Å². The maximum absolute atomic E-state index is 8.98. The Bertz CT molecular complexity index is 216. The molecule has 0 heterocycles. The van der Waals surface area contributed by atoms with Crippen LogP contribution in [0.4, 0.5) is 0 Å². The average molecular weight is 223 g/mol. The number of rotatable bonds is 7.